The van der Waals surface area contributed by atoms with Crippen LogP contribution in [0.4, 0.5) is 0 Å². The molecule has 0 aliphatic rings. The molecule has 0 radical (unpaired) electrons. The van der Waals surface area contributed by atoms with Crippen LogP contribution < -0.4 is 14.2 Å². The second-order valence-corrected chi connectivity index (χ2v) is 5.63. The van der Waals surface area contributed by atoms with Crippen LogP contribution in [-0.2, 0) is 6.61 Å². The Morgan fingerprint density at radius 2 is 1.68 bits per heavy atom. The maximum absolute atomic E-state index is 5.79. The molecule has 3 aromatic rings. The Morgan fingerprint density at radius 3 is 2.44 bits per heavy atom. The van der Waals surface area contributed by atoms with E-state index in [2.05, 4.69) is 10.2 Å². The number of nitrogens with zero attached hydrogens (tertiary/aromatic N) is 2. The van der Waals surface area contributed by atoms with Gasteiger partial charge in [0, 0.05) is 5.56 Å². The number of hydrogen-bond donors (Lipinski definition) is 0. The first-order valence-corrected chi connectivity index (χ1v) is 7.85. The van der Waals surface area contributed by atoms with Crippen LogP contribution in [0.1, 0.15) is 17.0 Å². The van der Waals surface area contributed by atoms with Crippen LogP contribution >= 0.6 is 0 Å². The van der Waals surface area contributed by atoms with Gasteiger partial charge in [-0.3, -0.25) is 0 Å². The molecule has 0 aliphatic heterocycles. The van der Waals surface area contributed by atoms with Gasteiger partial charge < -0.3 is 18.6 Å². The number of hydrogen-bond acceptors (Lipinski definition) is 6. The van der Waals surface area contributed by atoms with E-state index in [9.17, 15) is 0 Å². The molecule has 2 aromatic carbocycles. The quantitative estimate of drug-likeness (QED) is 0.677. The third-order valence-electron chi connectivity index (χ3n) is 3.79. The zero-order valence-corrected chi connectivity index (χ0v) is 14.7. The molecular formula is C19H20N2O4. The van der Waals surface area contributed by atoms with E-state index >= 15 is 0 Å². The van der Waals surface area contributed by atoms with Gasteiger partial charge in [-0.05, 0) is 49.2 Å². The molecule has 130 valence electrons. The molecule has 0 fully saturated rings. The molecule has 0 bridgehead atoms. The van der Waals surface area contributed by atoms with Crippen LogP contribution in [0.15, 0.2) is 40.8 Å². The molecule has 3 rings (SSSR count). The van der Waals surface area contributed by atoms with Gasteiger partial charge in [-0.15, -0.1) is 10.2 Å². The lowest BCUT2D eigenvalue weighted by Crippen LogP contribution is -1.97. The van der Waals surface area contributed by atoms with Crippen molar-refractivity contribution in [1.82, 2.24) is 10.2 Å². The molecular weight excluding hydrogens is 320 g/mol. The van der Waals surface area contributed by atoms with Crippen molar-refractivity contribution in [2.75, 3.05) is 14.2 Å². The third-order valence-corrected chi connectivity index (χ3v) is 3.79. The van der Waals surface area contributed by atoms with Crippen molar-refractivity contribution < 1.29 is 18.6 Å². The third kappa shape index (κ3) is 3.74. The second kappa shape index (κ2) is 7.25. The summed E-state index contributed by atoms with van der Waals surface area (Å²) >= 11 is 0. The summed E-state index contributed by atoms with van der Waals surface area (Å²) in [5, 5.41) is 8.12. The largest absolute Gasteiger partial charge is 0.493 e. The average Bonchev–Trinajstić information content (AvgIpc) is 3.11. The highest BCUT2D eigenvalue weighted by Crippen LogP contribution is 2.31. The van der Waals surface area contributed by atoms with E-state index in [1.54, 1.807) is 26.4 Å². The summed E-state index contributed by atoms with van der Waals surface area (Å²) in [6.07, 6.45) is 0. The second-order valence-electron chi connectivity index (χ2n) is 5.63. The predicted octanol–water partition coefficient (Wildman–Crippen LogP) is 3.95. The molecule has 0 aliphatic carbocycles. The monoisotopic (exact) mass is 340 g/mol. The number of aryl methyl sites for hydroxylation is 2. The van der Waals surface area contributed by atoms with E-state index in [1.807, 2.05) is 38.1 Å². The first kappa shape index (κ1) is 16.8. The Labute approximate surface area is 146 Å². The zero-order valence-electron chi connectivity index (χ0n) is 14.7. The summed E-state index contributed by atoms with van der Waals surface area (Å²) in [6.45, 7) is 4.23. The maximum Gasteiger partial charge on any atom is 0.254 e. The van der Waals surface area contributed by atoms with Crippen molar-refractivity contribution in [3.8, 4) is 28.7 Å². The van der Waals surface area contributed by atoms with Crippen molar-refractivity contribution in [3.05, 3.63) is 53.4 Å². The van der Waals surface area contributed by atoms with Gasteiger partial charge in [0.2, 0.25) is 5.89 Å². The smallest absolute Gasteiger partial charge is 0.254 e. The van der Waals surface area contributed by atoms with Crippen molar-refractivity contribution in [1.29, 1.82) is 0 Å². The van der Waals surface area contributed by atoms with Crippen LogP contribution in [0, 0.1) is 13.8 Å². The van der Waals surface area contributed by atoms with Crippen molar-refractivity contribution in [2.45, 2.75) is 20.5 Å². The Hall–Kier alpha value is -3.02. The average molecular weight is 340 g/mol. The number of aromatic nitrogens is 2. The van der Waals surface area contributed by atoms with Crippen LogP contribution in [0.5, 0.6) is 17.2 Å². The molecule has 1 heterocycles. The van der Waals surface area contributed by atoms with Gasteiger partial charge in [0.25, 0.3) is 5.89 Å². The van der Waals surface area contributed by atoms with Crippen molar-refractivity contribution in [3.63, 3.8) is 0 Å². The first-order valence-electron chi connectivity index (χ1n) is 7.85. The van der Waals surface area contributed by atoms with Crippen LogP contribution in [0.25, 0.3) is 11.5 Å². The number of rotatable bonds is 6. The number of methoxy groups -OCH3 is 2. The fourth-order valence-corrected chi connectivity index (χ4v) is 2.40. The van der Waals surface area contributed by atoms with Crippen molar-refractivity contribution >= 4 is 0 Å². The zero-order chi connectivity index (χ0) is 17.8. The fraction of sp³-hybridized carbons (Fsp3) is 0.263. The molecule has 6 heteroatoms. The first-order chi connectivity index (χ1) is 12.1. The molecule has 1 aromatic heterocycles. The lowest BCUT2D eigenvalue weighted by molar-refractivity contribution is 0.263. The topological polar surface area (TPSA) is 66.6 Å². The fourth-order valence-electron chi connectivity index (χ4n) is 2.40. The Kier molecular flexibility index (Phi) is 4.88. The summed E-state index contributed by atoms with van der Waals surface area (Å²) in [4.78, 5) is 0. The molecule has 0 saturated heterocycles. The Bertz CT molecular complexity index is 874. The van der Waals surface area contributed by atoms with Gasteiger partial charge in [-0.2, -0.15) is 0 Å². The van der Waals surface area contributed by atoms with Gasteiger partial charge in [0.15, 0.2) is 18.1 Å². The van der Waals surface area contributed by atoms with E-state index < -0.39 is 0 Å². The summed E-state index contributed by atoms with van der Waals surface area (Å²) in [6, 6.07) is 11.5. The summed E-state index contributed by atoms with van der Waals surface area (Å²) in [5.41, 5.74) is 2.95. The molecule has 0 spiro atoms. The summed E-state index contributed by atoms with van der Waals surface area (Å²) in [5.74, 6) is 2.87. The normalized spacial score (nSPS) is 10.6. The van der Waals surface area contributed by atoms with Gasteiger partial charge in [0.05, 0.1) is 14.2 Å². The van der Waals surface area contributed by atoms with Crippen molar-refractivity contribution in [2.24, 2.45) is 0 Å². The number of ether oxygens (including phenoxy) is 3. The van der Waals surface area contributed by atoms with Crippen LogP contribution in [0.2, 0.25) is 0 Å². The van der Waals surface area contributed by atoms with Gasteiger partial charge in [0.1, 0.15) is 5.75 Å². The van der Waals surface area contributed by atoms with Gasteiger partial charge in [-0.25, -0.2) is 0 Å². The minimum absolute atomic E-state index is 0.213. The van der Waals surface area contributed by atoms with E-state index in [0.29, 0.717) is 23.3 Å². The molecule has 6 nitrogen and oxygen atoms in total. The molecule has 0 N–H and O–H groups in total. The minimum Gasteiger partial charge on any atom is -0.493 e. The maximum atomic E-state index is 5.79. The van der Waals surface area contributed by atoms with E-state index in [4.69, 9.17) is 18.6 Å². The van der Waals surface area contributed by atoms with Crippen LogP contribution in [-0.4, -0.2) is 24.4 Å². The highest BCUT2D eigenvalue weighted by atomic mass is 16.5. The van der Waals surface area contributed by atoms with Gasteiger partial charge >= 0.3 is 0 Å². The highest BCUT2D eigenvalue weighted by Gasteiger charge is 2.13. The summed E-state index contributed by atoms with van der Waals surface area (Å²) in [7, 11) is 3.17. The van der Waals surface area contributed by atoms with E-state index in [1.165, 1.54) is 0 Å². The Balaban J connectivity index is 1.75. The van der Waals surface area contributed by atoms with Gasteiger partial charge in [-0.1, -0.05) is 12.1 Å². The number of benzene rings is 2. The lowest BCUT2D eigenvalue weighted by Gasteiger charge is -2.08. The van der Waals surface area contributed by atoms with E-state index in [0.717, 1.165) is 22.4 Å². The minimum atomic E-state index is 0.213. The SMILES string of the molecule is COc1ccc(-c2nnc(COc3cc(C)ccc3C)o2)cc1OC. The molecule has 0 amide bonds. The lowest BCUT2D eigenvalue weighted by atomic mass is 10.1. The predicted molar refractivity (Wildman–Crippen MR) is 93.1 cm³/mol. The standard InChI is InChI=1S/C19H20N2O4/c1-12-5-6-13(2)16(9-12)24-11-18-20-21-19(25-18)14-7-8-15(22-3)17(10-14)23-4/h5-10H,11H2,1-4H3. The van der Waals surface area contributed by atoms with E-state index in [-0.39, 0.29) is 6.61 Å². The molecule has 0 saturated carbocycles. The highest BCUT2D eigenvalue weighted by molar-refractivity contribution is 5.59. The molecule has 25 heavy (non-hydrogen) atoms. The molecule has 0 atom stereocenters. The molecule has 0 unspecified atom stereocenters. The van der Waals surface area contributed by atoms with Crippen LogP contribution in [0.3, 0.4) is 0 Å². The Morgan fingerprint density at radius 1 is 0.880 bits per heavy atom. The summed E-state index contributed by atoms with van der Waals surface area (Å²) < 4.78 is 22.0.